The number of aromatic amines is 1. The lowest BCUT2D eigenvalue weighted by molar-refractivity contribution is 0.432. The molecule has 0 fully saturated rings. The lowest BCUT2D eigenvalue weighted by Gasteiger charge is -2.03. The number of fused-ring (bicyclic) bond motifs is 1. The van der Waals surface area contributed by atoms with Crippen LogP contribution < -0.4 is 0 Å². The van der Waals surface area contributed by atoms with Gasteiger partial charge in [-0.1, -0.05) is 17.3 Å². The summed E-state index contributed by atoms with van der Waals surface area (Å²) in [4.78, 5) is 7.27. The van der Waals surface area contributed by atoms with Crippen LogP contribution in [0.2, 0.25) is 0 Å². The fourth-order valence-corrected chi connectivity index (χ4v) is 2.83. The number of halogens is 3. The molecule has 0 amide bonds. The predicted molar refractivity (Wildman–Crippen MR) is 84.6 cm³/mol. The Bertz CT molecular complexity index is 1030. The van der Waals surface area contributed by atoms with E-state index < -0.39 is 11.6 Å². The Morgan fingerprint density at radius 1 is 1.09 bits per heavy atom. The van der Waals surface area contributed by atoms with Crippen molar-refractivity contribution in [2.24, 2.45) is 0 Å². The summed E-state index contributed by atoms with van der Waals surface area (Å²) in [6.07, 6.45) is 4.74. The molecule has 1 aromatic carbocycles. The van der Waals surface area contributed by atoms with Crippen LogP contribution in [0.15, 0.2) is 51.9 Å². The first kappa shape index (κ1) is 14.1. The SMILES string of the molecule is Fc1cccc(-c2cnoc2-c2c[nH]c3ncc(Br)cc23)c1F. The summed E-state index contributed by atoms with van der Waals surface area (Å²) in [6.45, 7) is 0. The molecule has 3 aromatic heterocycles. The van der Waals surface area contributed by atoms with Gasteiger partial charge in [0.25, 0.3) is 0 Å². The van der Waals surface area contributed by atoms with Crippen molar-refractivity contribution in [1.29, 1.82) is 0 Å². The molecule has 0 saturated heterocycles. The van der Waals surface area contributed by atoms with Gasteiger partial charge in [0.1, 0.15) is 5.65 Å². The van der Waals surface area contributed by atoms with Crippen molar-refractivity contribution in [3.8, 4) is 22.5 Å². The van der Waals surface area contributed by atoms with Crippen molar-refractivity contribution >= 4 is 27.0 Å². The Hall–Kier alpha value is -2.54. The van der Waals surface area contributed by atoms with Crippen LogP contribution in [0.3, 0.4) is 0 Å². The van der Waals surface area contributed by atoms with Crippen LogP contribution >= 0.6 is 15.9 Å². The van der Waals surface area contributed by atoms with E-state index in [-0.39, 0.29) is 5.56 Å². The summed E-state index contributed by atoms with van der Waals surface area (Å²) in [5.74, 6) is -1.50. The lowest BCUT2D eigenvalue weighted by Crippen LogP contribution is -1.89. The molecule has 3 heterocycles. The second-order valence-electron chi connectivity index (χ2n) is 4.92. The van der Waals surface area contributed by atoms with E-state index in [0.717, 1.165) is 15.9 Å². The van der Waals surface area contributed by atoms with Gasteiger partial charge in [0.2, 0.25) is 0 Å². The molecule has 0 atom stereocenters. The molecule has 4 rings (SSSR count). The maximum atomic E-state index is 14.1. The van der Waals surface area contributed by atoms with Gasteiger partial charge in [0.15, 0.2) is 17.4 Å². The Labute approximate surface area is 137 Å². The molecule has 7 heteroatoms. The summed E-state index contributed by atoms with van der Waals surface area (Å²) in [6, 6.07) is 5.86. The summed E-state index contributed by atoms with van der Waals surface area (Å²) < 4.78 is 33.7. The van der Waals surface area contributed by atoms with E-state index in [0.29, 0.717) is 22.5 Å². The largest absolute Gasteiger partial charge is 0.356 e. The zero-order valence-electron chi connectivity index (χ0n) is 11.5. The number of pyridine rings is 1. The smallest absolute Gasteiger partial charge is 0.176 e. The highest BCUT2D eigenvalue weighted by Gasteiger charge is 2.20. The third kappa shape index (κ3) is 2.24. The second-order valence-corrected chi connectivity index (χ2v) is 5.84. The van der Waals surface area contributed by atoms with E-state index in [9.17, 15) is 8.78 Å². The normalized spacial score (nSPS) is 11.3. The Morgan fingerprint density at radius 2 is 1.96 bits per heavy atom. The molecule has 0 spiro atoms. The van der Waals surface area contributed by atoms with Crippen molar-refractivity contribution in [3.05, 3.63) is 59.0 Å². The van der Waals surface area contributed by atoms with Gasteiger partial charge in [-0.2, -0.15) is 0 Å². The number of rotatable bonds is 2. The van der Waals surface area contributed by atoms with Crippen LogP contribution in [0.25, 0.3) is 33.5 Å². The quantitative estimate of drug-likeness (QED) is 0.540. The molecular weight excluding hydrogens is 368 g/mol. The van der Waals surface area contributed by atoms with Crippen LogP contribution in [0, 0.1) is 11.6 Å². The number of aromatic nitrogens is 3. The third-order valence-electron chi connectivity index (χ3n) is 3.55. The number of nitrogens with one attached hydrogen (secondary N) is 1. The standard InChI is InChI=1S/C16H8BrF2N3O/c17-8-4-10-11(6-21-16(10)20-5-8)15-12(7-22-23-15)9-2-1-3-13(18)14(9)19/h1-7H,(H,20,21). The highest BCUT2D eigenvalue weighted by molar-refractivity contribution is 9.10. The van der Waals surface area contributed by atoms with E-state index >= 15 is 0 Å². The lowest BCUT2D eigenvalue weighted by atomic mass is 10.0. The van der Waals surface area contributed by atoms with Crippen LogP contribution in [-0.4, -0.2) is 15.1 Å². The number of H-pyrrole nitrogens is 1. The van der Waals surface area contributed by atoms with E-state index in [2.05, 4.69) is 31.1 Å². The summed E-state index contributed by atoms with van der Waals surface area (Å²) in [5, 5.41) is 4.53. The van der Waals surface area contributed by atoms with Gasteiger partial charge in [-0.15, -0.1) is 0 Å². The minimum absolute atomic E-state index is 0.0959. The number of hydrogen-bond acceptors (Lipinski definition) is 3. The summed E-state index contributed by atoms with van der Waals surface area (Å²) in [7, 11) is 0. The Morgan fingerprint density at radius 3 is 2.83 bits per heavy atom. The molecule has 114 valence electrons. The first-order chi connectivity index (χ1) is 11.1. The first-order valence-electron chi connectivity index (χ1n) is 6.67. The van der Waals surface area contributed by atoms with E-state index in [4.69, 9.17) is 4.52 Å². The highest BCUT2D eigenvalue weighted by atomic mass is 79.9. The maximum Gasteiger partial charge on any atom is 0.176 e. The zero-order chi connectivity index (χ0) is 16.0. The number of nitrogens with zero attached hydrogens (tertiary/aromatic N) is 2. The average molecular weight is 376 g/mol. The Kier molecular flexibility index (Phi) is 3.23. The topological polar surface area (TPSA) is 54.7 Å². The predicted octanol–water partition coefficient (Wildman–Crippen LogP) is 4.93. The second kappa shape index (κ2) is 5.27. The van der Waals surface area contributed by atoms with Crippen molar-refractivity contribution in [2.45, 2.75) is 0 Å². The van der Waals surface area contributed by atoms with Crippen molar-refractivity contribution in [1.82, 2.24) is 15.1 Å². The van der Waals surface area contributed by atoms with Crippen LogP contribution in [0.1, 0.15) is 0 Å². The van der Waals surface area contributed by atoms with Crippen LogP contribution in [0.5, 0.6) is 0 Å². The monoisotopic (exact) mass is 375 g/mol. The number of hydrogen-bond donors (Lipinski definition) is 1. The molecule has 0 aliphatic carbocycles. The fraction of sp³-hybridized carbons (Fsp3) is 0. The van der Waals surface area contributed by atoms with Crippen molar-refractivity contribution < 1.29 is 13.3 Å². The molecule has 0 aliphatic heterocycles. The Balaban J connectivity index is 1.96. The van der Waals surface area contributed by atoms with Gasteiger partial charge in [-0.05, 0) is 28.1 Å². The van der Waals surface area contributed by atoms with Crippen LogP contribution in [0.4, 0.5) is 8.78 Å². The van der Waals surface area contributed by atoms with E-state index in [1.165, 1.54) is 18.3 Å². The molecule has 0 aliphatic rings. The van der Waals surface area contributed by atoms with E-state index in [1.54, 1.807) is 12.4 Å². The molecular formula is C16H8BrF2N3O. The van der Waals surface area contributed by atoms with Gasteiger partial charge < -0.3 is 9.51 Å². The molecule has 23 heavy (non-hydrogen) atoms. The van der Waals surface area contributed by atoms with Crippen molar-refractivity contribution in [2.75, 3.05) is 0 Å². The van der Waals surface area contributed by atoms with Gasteiger partial charge in [0.05, 0.1) is 11.8 Å². The van der Waals surface area contributed by atoms with Crippen LogP contribution in [-0.2, 0) is 0 Å². The molecule has 4 nitrogen and oxygen atoms in total. The molecule has 0 unspecified atom stereocenters. The van der Waals surface area contributed by atoms with Gasteiger partial charge in [-0.25, -0.2) is 13.8 Å². The molecule has 1 N–H and O–H groups in total. The molecule has 4 aromatic rings. The third-order valence-corrected chi connectivity index (χ3v) is 3.99. The molecule has 0 saturated carbocycles. The molecule has 0 radical (unpaired) electrons. The molecule has 0 bridgehead atoms. The summed E-state index contributed by atoms with van der Waals surface area (Å²) in [5.41, 5.74) is 1.80. The van der Waals surface area contributed by atoms with E-state index in [1.807, 2.05) is 6.07 Å². The average Bonchev–Trinajstić information content (AvgIpc) is 3.15. The van der Waals surface area contributed by atoms with Gasteiger partial charge in [0, 0.05) is 33.4 Å². The maximum absolute atomic E-state index is 14.1. The first-order valence-corrected chi connectivity index (χ1v) is 7.46. The highest BCUT2D eigenvalue weighted by Crippen LogP contribution is 2.37. The van der Waals surface area contributed by atoms with Gasteiger partial charge in [-0.3, -0.25) is 0 Å². The zero-order valence-corrected chi connectivity index (χ0v) is 13.1. The summed E-state index contributed by atoms with van der Waals surface area (Å²) >= 11 is 3.37. The number of benzene rings is 1. The minimum Gasteiger partial charge on any atom is -0.356 e. The fourth-order valence-electron chi connectivity index (χ4n) is 2.50. The van der Waals surface area contributed by atoms with Gasteiger partial charge >= 0.3 is 0 Å². The van der Waals surface area contributed by atoms with Crippen molar-refractivity contribution in [3.63, 3.8) is 0 Å². The minimum atomic E-state index is -0.934.